The largest absolute Gasteiger partial charge is 0.508 e. The Morgan fingerprint density at radius 3 is 1.93 bits per heavy atom. The summed E-state index contributed by atoms with van der Waals surface area (Å²) in [5.41, 5.74) is 0.325. The first kappa shape index (κ1) is 26.3. The van der Waals surface area contributed by atoms with E-state index in [4.69, 9.17) is 14.2 Å². The van der Waals surface area contributed by atoms with Gasteiger partial charge in [-0.2, -0.15) is 0 Å². The summed E-state index contributed by atoms with van der Waals surface area (Å²) in [6.45, 7) is 4.99. The maximum atomic E-state index is 10.8. The fourth-order valence-electron chi connectivity index (χ4n) is 3.11. The molecule has 0 amide bonds. The van der Waals surface area contributed by atoms with Gasteiger partial charge < -0.3 is 19.3 Å². The van der Waals surface area contributed by atoms with Gasteiger partial charge in [-0.3, -0.25) is 10.1 Å². The number of nitrogens with zero attached hydrogens (tertiary/aromatic N) is 1. The van der Waals surface area contributed by atoms with E-state index < -0.39 is 4.92 Å². The summed E-state index contributed by atoms with van der Waals surface area (Å²) in [7, 11) is 0. The van der Waals surface area contributed by atoms with Gasteiger partial charge in [-0.25, -0.2) is 0 Å². The van der Waals surface area contributed by atoms with Crippen LogP contribution in [0, 0.1) is 10.1 Å². The zero-order valence-electron chi connectivity index (χ0n) is 18.5. The van der Waals surface area contributed by atoms with Crippen LogP contribution in [-0.2, 0) is 20.8 Å². The van der Waals surface area contributed by atoms with Gasteiger partial charge >= 0.3 is 0 Å². The summed E-state index contributed by atoms with van der Waals surface area (Å²) in [6, 6.07) is 3.88. The molecule has 7 nitrogen and oxygen atoms in total. The molecule has 0 aliphatic carbocycles. The number of phenolic OH excluding ortho intramolecular Hbond substituents is 1. The highest BCUT2D eigenvalue weighted by atomic mass is 16.6. The molecule has 0 aromatic heterocycles. The Hall–Kier alpha value is -1.70. The highest BCUT2D eigenvalue weighted by Gasteiger charge is 2.10. The van der Waals surface area contributed by atoms with Crippen molar-refractivity contribution in [2.45, 2.75) is 77.7 Å². The summed E-state index contributed by atoms with van der Waals surface area (Å²) in [6.07, 6.45) is 13.2. The van der Waals surface area contributed by atoms with Gasteiger partial charge in [0.05, 0.1) is 38.0 Å². The third-order valence-electron chi connectivity index (χ3n) is 4.92. The standard InChI is InChI=1S/C23H39NO6/c1-2-3-4-5-6-7-8-9-10-11-14-28-15-16-29-17-18-30-20-21-19-22(24(26)27)12-13-23(21)25/h12-13,19,25H,2-11,14-18,20H2,1H3. The van der Waals surface area contributed by atoms with Crippen molar-refractivity contribution in [2.24, 2.45) is 0 Å². The Balaban J connectivity index is 1.85. The second-order valence-corrected chi connectivity index (χ2v) is 7.53. The highest BCUT2D eigenvalue weighted by Crippen LogP contribution is 2.23. The quantitative estimate of drug-likeness (QED) is 0.162. The molecule has 0 heterocycles. The molecule has 0 bridgehead atoms. The fourth-order valence-corrected chi connectivity index (χ4v) is 3.11. The molecule has 1 N–H and O–H groups in total. The number of hydrogen-bond acceptors (Lipinski definition) is 6. The van der Waals surface area contributed by atoms with E-state index in [-0.39, 0.29) is 18.0 Å². The second kappa shape index (κ2) is 18.1. The molecule has 0 aliphatic heterocycles. The molecule has 1 rings (SSSR count). The lowest BCUT2D eigenvalue weighted by Crippen LogP contribution is -2.10. The van der Waals surface area contributed by atoms with Crippen molar-refractivity contribution < 1.29 is 24.2 Å². The molecule has 172 valence electrons. The zero-order valence-corrected chi connectivity index (χ0v) is 18.5. The number of hydrogen-bond donors (Lipinski definition) is 1. The number of ether oxygens (including phenoxy) is 3. The highest BCUT2D eigenvalue weighted by molar-refractivity contribution is 5.42. The van der Waals surface area contributed by atoms with Crippen molar-refractivity contribution in [2.75, 3.05) is 33.0 Å². The SMILES string of the molecule is CCCCCCCCCCCCOCCOCCOCc1cc([N+](=O)[O-])ccc1O. The molecule has 1 aromatic carbocycles. The molecule has 0 saturated carbocycles. The predicted molar refractivity (Wildman–Crippen MR) is 118 cm³/mol. The van der Waals surface area contributed by atoms with Crippen molar-refractivity contribution in [3.05, 3.63) is 33.9 Å². The van der Waals surface area contributed by atoms with Crippen molar-refractivity contribution >= 4 is 5.69 Å². The summed E-state index contributed by atoms with van der Waals surface area (Å²) in [5, 5.41) is 20.5. The number of unbranched alkanes of at least 4 members (excludes halogenated alkanes) is 9. The van der Waals surface area contributed by atoms with Crippen molar-refractivity contribution in [1.82, 2.24) is 0 Å². The molecule has 7 heteroatoms. The lowest BCUT2D eigenvalue weighted by molar-refractivity contribution is -0.385. The monoisotopic (exact) mass is 425 g/mol. The van der Waals surface area contributed by atoms with Crippen LogP contribution in [0.4, 0.5) is 5.69 Å². The van der Waals surface area contributed by atoms with Crippen molar-refractivity contribution in [3.63, 3.8) is 0 Å². The molecule has 0 radical (unpaired) electrons. The number of nitro groups is 1. The van der Waals surface area contributed by atoms with Crippen LogP contribution in [0.15, 0.2) is 18.2 Å². The van der Waals surface area contributed by atoms with Crippen LogP contribution in [-0.4, -0.2) is 43.1 Å². The van der Waals surface area contributed by atoms with Crippen LogP contribution in [0.3, 0.4) is 0 Å². The van der Waals surface area contributed by atoms with Crippen LogP contribution in [0.2, 0.25) is 0 Å². The summed E-state index contributed by atoms with van der Waals surface area (Å²) >= 11 is 0. The third kappa shape index (κ3) is 13.5. The summed E-state index contributed by atoms with van der Waals surface area (Å²) in [4.78, 5) is 10.3. The van der Waals surface area contributed by atoms with Gasteiger partial charge in [-0.1, -0.05) is 64.7 Å². The zero-order chi connectivity index (χ0) is 21.9. The molecule has 0 saturated heterocycles. The van der Waals surface area contributed by atoms with Gasteiger partial charge in [0.25, 0.3) is 5.69 Å². The van der Waals surface area contributed by atoms with Gasteiger partial charge in [0.2, 0.25) is 0 Å². The van der Waals surface area contributed by atoms with Crippen LogP contribution in [0.1, 0.15) is 76.7 Å². The lowest BCUT2D eigenvalue weighted by Gasteiger charge is -2.08. The molecule has 0 aliphatic rings. The van der Waals surface area contributed by atoms with Crippen molar-refractivity contribution in [1.29, 1.82) is 0 Å². The minimum atomic E-state index is -0.498. The number of rotatable bonds is 20. The first-order valence-corrected chi connectivity index (χ1v) is 11.3. The van der Waals surface area contributed by atoms with Crippen LogP contribution in [0.25, 0.3) is 0 Å². The first-order valence-electron chi connectivity index (χ1n) is 11.3. The predicted octanol–water partition coefficient (Wildman–Crippen LogP) is 5.77. The minimum Gasteiger partial charge on any atom is -0.508 e. The molecule has 0 atom stereocenters. The summed E-state index contributed by atoms with van der Waals surface area (Å²) in [5.74, 6) is -0.0121. The molecule has 0 fully saturated rings. The number of non-ortho nitro benzene ring substituents is 1. The van der Waals surface area contributed by atoms with Gasteiger partial charge in [0.1, 0.15) is 5.75 Å². The van der Waals surface area contributed by atoms with Gasteiger partial charge in [-0.05, 0) is 12.5 Å². The molecule has 0 spiro atoms. The van der Waals surface area contributed by atoms with E-state index in [1.165, 1.54) is 76.0 Å². The molecule has 0 unspecified atom stereocenters. The van der Waals surface area contributed by atoms with E-state index >= 15 is 0 Å². The number of aromatic hydroxyl groups is 1. The Bertz CT molecular complexity index is 567. The van der Waals surface area contributed by atoms with E-state index in [2.05, 4.69) is 6.92 Å². The number of phenols is 1. The van der Waals surface area contributed by atoms with E-state index in [0.29, 0.717) is 32.0 Å². The number of benzene rings is 1. The number of nitro benzene ring substituents is 1. The summed E-state index contributed by atoms with van der Waals surface area (Å²) < 4.78 is 16.4. The Morgan fingerprint density at radius 2 is 1.33 bits per heavy atom. The maximum Gasteiger partial charge on any atom is 0.270 e. The minimum absolute atomic E-state index is 0.0121. The maximum absolute atomic E-state index is 10.8. The van der Waals surface area contributed by atoms with E-state index in [9.17, 15) is 15.2 Å². The van der Waals surface area contributed by atoms with Gasteiger partial charge in [0, 0.05) is 24.3 Å². The third-order valence-corrected chi connectivity index (χ3v) is 4.92. The normalized spacial score (nSPS) is 11.1. The van der Waals surface area contributed by atoms with Gasteiger partial charge in [-0.15, -0.1) is 0 Å². The first-order chi connectivity index (χ1) is 14.6. The Kier molecular flexibility index (Phi) is 15.9. The van der Waals surface area contributed by atoms with Crippen LogP contribution >= 0.6 is 0 Å². The van der Waals surface area contributed by atoms with E-state index in [1.807, 2.05) is 0 Å². The molecular weight excluding hydrogens is 386 g/mol. The molecular formula is C23H39NO6. The average molecular weight is 426 g/mol. The van der Waals surface area contributed by atoms with Crippen molar-refractivity contribution in [3.8, 4) is 5.75 Å². The average Bonchev–Trinajstić information content (AvgIpc) is 2.74. The Morgan fingerprint density at radius 1 is 0.800 bits per heavy atom. The van der Waals surface area contributed by atoms with Crippen LogP contribution in [0.5, 0.6) is 5.75 Å². The Labute approximate surface area is 180 Å². The fraction of sp³-hybridized carbons (Fsp3) is 0.739. The molecule has 1 aromatic rings. The molecule has 30 heavy (non-hydrogen) atoms. The van der Waals surface area contributed by atoms with Crippen LogP contribution < -0.4 is 0 Å². The van der Waals surface area contributed by atoms with Gasteiger partial charge in [0.15, 0.2) is 0 Å². The van der Waals surface area contributed by atoms with E-state index in [1.54, 1.807) is 0 Å². The second-order valence-electron chi connectivity index (χ2n) is 7.53. The van der Waals surface area contributed by atoms with E-state index in [0.717, 1.165) is 13.0 Å². The topological polar surface area (TPSA) is 91.1 Å². The lowest BCUT2D eigenvalue weighted by atomic mass is 10.1. The smallest absolute Gasteiger partial charge is 0.270 e.